The van der Waals surface area contributed by atoms with Crippen LogP contribution in [0.5, 0.6) is 5.75 Å². The van der Waals surface area contributed by atoms with Crippen LogP contribution in [0, 0.1) is 5.41 Å². The van der Waals surface area contributed by atoms with E-state index in [1.165, 1.54) is 0 Å². The van der Waals surface area contributed by atoms with Gasteiger partial charge in [-0.15, -0.1) is 0 Å². The number of para-hydroxylation sites is 1. The second kappa shape index (κ2) is 5.67. The highest BCUT2D eigenvalue weighted by molar-refractivity contribution is 5.20. The topological polar surface area (TPSA) is 27.7 Å². The molecule has 1 aromatic rings. The first-order valence-corrected chi connectivity index (χ1v) is 6.25. The molecule has 0 amide bonds. The van der Waals surface area contributed by atoms with Gasteiger partial charge in [0.15, 0.2) is 6.29 Å². The van der Waals surface area contributed by atoms with E-state index in [-0.39, 0.29) is 0 Å². The largest absolute Gasteiger partial charge is 0.465 e. The van der Waals surface area contributed by atoms with E-state index in [0.29, 0.717) is 19.6 Å². The fourth-order valence-electron chi connectivity index (χ4n) is 1.86. The monoisotopic (exact) mass is 254 g/mol. The van der Waals surface area contributed by atoms with E-state index in [4.69, 9.17) is 14.2 Å². The molecule has 1 saturated heterocycles. The van der Waals surface area contributed by atoms with Crippen molar-refractivity contribution in [1.29, 1.82) is 0 Å². The molecule has 1 aliphatic heterocycles. The van der Waals surface area contributed by atoms with Crippen molar-refractivity contribution in [2.75, 3.05) is 13.2 Å². The number of ether oxygens (including phenoxy) is 3. The molecule has 0 radical (unpaired) electrons. The number of halogens is 1. The van der Waals surface area contributed by atoms with Gasteiger partial charge in [0.1, 0.15) is 5.75 Å². The summed E-state index contributed by atoms with van der Waals surface area (Å²) in [5.74, 6) is 0.747. The van der Waals surface area contributed by atoms with E-state index in [2.05, 4.69) is 0 Å². The predicted octanol–water partition coefficient (Wildman–Crippen LogP) is 3.15. The Morgan fingerprint density at radius 1 is 1.44 bits per heavy atom. The summed E-state index contributed by atoms with van der Waals surface area (Å²) >= 11 is 0. The summed E-state index contributed by atoms with van der Waals surface area (Å²) in [7, 11) is 0. The molecule has 4 heteroatoms. The van der Waals surface area contributed by atoms with Crippen LogP contribution in [0.2, 0.25) is 0 Å². The minimum Gasteiger partial charge on any atom is -0.465 e. The van der Waals surface area contributed by atoms with E-state index in [0.717, 1.165) is 5.75 Å². The van der Waals surface area contributed by atoms with Gasteiger partial charge in [0.2, 0.25) is 6.36 Å². The molecule has 0 N–H and O–H groups in total. The van der Waals surface area contributed by atoms with Gasteiger partial charge in [-0.1, -0.05) is 25.1 Å². The molecule has 3 nitrogen and oxygen atoms in total. The number of alkyl halides is 1. The van der Waals surface area contributed by atoms with Crippen LogP contribution in [0.4, 0.5) is 4.39 Å². The average molecular weight is 254 g/mol. The van der Waals surface area contributed by atoms with Gasteiger partial charge >= 0.3 is 0 Å². The lowest BCUT2D eigenvalue weighted by atomic mass is 9.83. The van der Waals surface area contributed by atoms with Crippen LogP contribution in [-0.4, -0.2) is 25.9 Å². The van der Waals surface area contributed by atoms with Crippen molar-refractivity contribution in [1.82, 2.24) is 0 Å². The van der Waals surface area contributed by atoms with E-state index in [1.807, 2.05) is 44.2 Å². The third-order valence-electron chi connectivity index (χ3n) is 3.35. The molecule has 0 aromatic heterocycles. The number of rotatable bonds is 6. The molecule has 3 unspecified atom stereocenters. The molecular formula is C14H19FO3. The highest BCUT2D eigenvalue weighted by Crippen LogP contribution is 2.39. The molecule has 0 bridgehead atoms. The molecule has 18 heavy (non-hydrogen) atoms. The van der Waals surface area contributed by atoms with E-state index in [9.17, 15) is 4.39 Å². The van der Waals surface area contributed by atoms with Crippen molar-refractivity contribution in [3.8, 4) is 5.75 Å². The van der Waals surface area contributed by atoms with Gasteiger partial charge in [-0.05, 0) is 25.5 Å². The highest BCUT2D eigenvalue weighted by atomic mass is 19.1. The molecule has 0 saturated carbocycles. The van der Waals surface area contributed by atoms with Crippen molar-refractivity contribution in [3.05, 3.63) is 30.3 Å². The van der Waals surface area contributed by atoms with Crippen molar-refractivity contribution < 1.29 is 18.6 Å². The zero-order valence-corrected chi connectivity index (χ0v) is 10.8. The molecule has 1 fully saturated rings. The quantitative estimate of drug-likeness (QED) is 0.730. The van der Waals surface area contributed by atoms with Crippen LogP contribution in [0.25, 0.3) is 0 Å². The van der Waals surface area contributed by atoms with Crippen LogP contribution in [0.3, 0.4) is 0 Å². The zero-order chi connectivity index (χ0) is 13.0. The fraction of sp³-hybridized carbons (Fsp3) is 0.571. The van der Waals surface area contributed by atoms with Crippen molar-refractivity contribution in [2.45, 2.75) is 32.9 Å². The van der Waals surface area contributed by atoms with Crippen molar-refractivity contribution >= 4 is 0 Å². The van der Waals surface area contributed by atoms with E-state index >= 15 is 0 Å². The Balaban J connectivity index is 1.80. The van der Waals surface area contributed by atoms with Gasteiger partial charge < -0.3 is 14.2 Å². The Kier molecular flexibility index (Phi) is 4.19. The molecule has 100 valence electrons. The lowest BCUT2D eigenvalue weighted by Crippen LogP contribution is -2.52. The molecule has 2 rings (SSSR count). The van der Waals surface area contributed by atoms with Gasteiger partial charge in [-0.2, -0.15) is 0 Å². The lowest BCUT2D eigenvalue weighted by molar-refractivity contribution is -0.279. The SMILES string of the molecule is CCC1(COC(C)Oc2ccccc2)COC1F. The van der Waals surface area contributed by atoms with Gasteiger partial charge in [-0.25, -0.2) is 4.39 Å². The number of benzene rings is 1. The number of hydrogen-bond acceptors (Lipinski definition) is 3. The summed E-state index contributed by atoms with van der Waals surface area (Å²) in [5, 5.41) is 0. The van der Waals surface area contributed by atoms with Crippen LogP contribution in [0.15, 0.2) is 30.3 Å². The molecule has 1 aromatic carbocycles. The maximum Gasteiger partial charge on any atom is 0.208 e. The molecular weight excluding hydrogens is 235 g/mol. The first-order chi connectivity index (χ1) is 8.66. The Hall–Kier alpha value is -1.13. The van der Waals surface area contributed by atoms with Crippen molar-refractivity contribution in [3.63, 3.8) is 0 Å². The van der Waals surface area contributed by atoms with Gasteiger partial charge in [0.05, 0.1) is 18.6 Å². The molecule has 1 heterocycles. The first-order valence-electron chi connectivity index (χ1n) is 6.25. The molecule has 0 spiro atoms. The number of hydrogen-bond donors (Lipinski definition) is 0. The van der Waals surface area contributed by atoms with E-state index in [1.54, 1.807) is 0 Å². The molecule has 1 aliphatic rings. The van der Waals surface area contributed by atoms with Crippen LogP contribution >= 0.6 is 0 Å². The first kappa shape index (κ1) is 13.3. The Morgan fingerprint density at radius 2 is 2.17 bits per heavy atom. The van der Waals surface area contributed by atoms with Gasteiger partial charge in [0, 0.05) is 0 Å². The second-order valence-electron chi connectivity index (χ2n) is 4.65. The highest BCUT2D eigenvalue weighted by Gasteiger charge is 2.48. The predicted molar refractivity (Wildman–Crippen MR) is 66.1 cm³/mol. The summed E-state index contributed by atoms with van der Waals surface area (Å²) in [6, 6.07) is 9.43. The third kappa shape index (κ3) is 2.82. The Labute approximate surface area is 107 Å². The summed E-state index contributed by atoms with van der Waals surface area (Å²) in [5.41, 5.74) is -0.492. The lowest BCUT2D eigenvalue weighted by Gasteiger charge is -2.43. The minimum atomic E-state index is -1.22. The standard InChI is InChI=1S/C14H19FO3/c1-3-14(10-17-13(14)15)9-16-11(2)18-12-7-5-4-6-8-12/h4-8,11,13H,3,9-10H2,1-2H3. The summed E-state index contributed by atoms with van der Waals surface area (Å²) in [6.07, 6.45) is -0.915. The summed E-state index contributed by atoms with van der Waals surface area (Å²) in [4.78, 5) is 0. The minimum absolute atomic E-state index is 0.318. The van der Waals surface area contributed by atoms with Crippen LogP contribution < -0.4 is 4.74 Å². The zero-order valence-electron chi connectivity index (χ0n) is 10.8. The third-order valence-corrected chi connectivity index (χ3v) is 3.35. The summed E-state index contributed by atoms with van der Waals surface area (Å²) < 4.78 is 29.3. The van der Waals surface area contributed by atoms with Crippen LogP contribution in [-0.2, 0) is 9.47 Å². The van der Waals surface area contributed by atoms with Gasteiger partial charge in [-0.3, -0.25) is 0 Å². The van der Waals surface area contributed by atoms with Gasteiger partial charge in [0.25, 0.3) is 0 Å². The van der Waals surface area contributed by atoms with Crippen LogP contribution in [0.1, 0.15) is 20.3 Å². The maximum atomic E-state index is 13.4. The molecule has 3 atom stereocenters. The fourth-order valence-corrected chi connectivity index (χ4v) is 1.86. The molecule has 0 aliphatic carbocycles. The Bertz CT molecular complexity index is 367. The Morgan fingerprint density at radius 3 is 2.67 bits per heavy atom. The average Bonchev–Trinajstić information content (AvgIpc) is 2.39. The van der Waals surface area contributed by atoms with E-state index < -0.39 is 18.1 Å². The maximum absolute atomic E-state index is 13.4. The second-order valence-corrected chi connectivity index (χ2v) is 4.65. The smallest absolute Gasteiger partial charge is 0.208 e. The normalized spacial score (nSPS) is 28.5. The van der Waals surface area contributed by atoms with Crippen molar-refractivity contribution in [2.24, 2.45) is 5.41 Å². The summed E-state index contributed by atoms with van der Waals surface area (Å²) in [6.45, 7) is 4.49.